The van der Waals surface area contributed by atoms with Crippen LogP contribution >= 0.6 is 0 Å². The summed E-state index contributed by atoms with van der Waals surface area (Å²) < 4.78 is 11.6. The van der Waals surface area contributed by atoms with Crippen molar-refractivity contribution < 1.29 is 29.0 Å². The summed E-state index contributed by atoms with van der Waals surface area (Å²) in [5.74, 6) is 0.174. The molecule has 1 fully saturated rings. The molecule has 2 amide bonds. The van der Waals surface area contributed by atoms with Gasteiger partial charge in [-0.15, -0.1) is 0 Å². The Balaban J connectivity index is 1.17. The molecule has 2 aliphatic rings. The van der Waals surface area contributed by atoms with Crippen molar-refractivity contribution in [3.63, 3.8) is 0 Å². The summed E-state index contributed by atoms with van der Waals surface area (Å²) in [6.45, 7) is 8.28. The van der Waals surface area contributed by atoms with E-state index < -0.39 is 5.97 Å². The highest BCUT2D eigenvalue weighted by molar-refractivity contribution is 5.96. The molecule has 0 saturated carbocycles. The number of rotatable bonds is 11. The van der Waals surface area contributed by atoms with Gasteiger partial charge in [-0.2, -0.15) is 0 Å². The second-order valence-electron chi connectivity index (χ2n) is 11.8. The first-order valence-electron chi connectivity index (χ1n) is 15.9. The predicted octanol–water partition coefficient (Wildman–Crippen LogP) is 5.84. The minimum atomic E-state index is -0.813. The smallest absolute Gasteiger partial charge is 0.410 e. The van der Waals surface area contributed by atoms with Crippen LogP contribution in [0.4, 0.5) is 10.5 Å². The third kappa shape index (κ3) is 8.22. The van der Waals surface area contributed by atoms with Gasteiger partial charge in [0.15, 0.2) is 0 Å². The number of carboxylic acids is 1. The van der Waals surface area contributed by atoms with Crippen LogP contribution in [0, 0.1) is 13.8 Å². The first-order chi connectivity index (χ1) is 21.8. The van der Waals surface area contributed by atoms with Gasteiger partial charge in [-0.3, -0.25) is 14.5 Å². The number of hydrogen-bond acceptors (Lipinski definition) is 6. The lowest BCUT2D eigenvalue weighted by Crippen LogP contribution is -2.49. The monoisotopic (exact) mass is 613 g/mol. The van der Waals surface area contributed by atoms with Gasteiger partial charge in [0.25, 0.3) is 0 Å². The number of hydrogen-bond donors (Lipinski definition) is 1. The van der Waals surface area contributed by atoms with E-state index in [1.807, 2.05) is 41.3 Å². The lowest BCUT2D eigenvalue weighted by Gasteiger charge is -2.33. The van der Waals surface area contributed by atoms with Gasteiger partial charge in [0.1, 0.15) is 12.4 Å². The normalized spacial score (nSPS) is 15.0. The van der Waals surface area contributed by atoms with Crippen LogP contribution in [0.3, 0.4) is 0 Å². The average molecular weight is 614 g/mol. The van der Waals surface area contributed by atoms with Gasteiger partial charge in [0.2, 0.25) is 5.91 Å². The SMILES string of the molecule is Cc1cccc(OCCCC(=O)N2CCCc3c(-c4cccc(COC(=O)N5CCN(CCC(=O)O)CC5)c4)cccc32)c1C. The Bertz CT molecular complexity index is 1510. The molecule has 1 N–H and O–H groups in total. The number of piperazine rings is 1. The van der Waals surface area contributed by atoms with Crippen LogP contribution < -0.4 is 9.64 Å². The Morgan fingerprint density at radius 2 is 1.67 bits per heavy atom. The first-order valence-corrected chi connectivity index (χ1v) is 15.9. The van der Waals surface area contributed by atoms with Crippen LogP contribution in [-0.2, 0) is 27.4 Å². The number of carboxylic acid groups (broad SMARTS) is 1. The van der Waals surface area contributed by atoms with Gasteiger partial charge < -0.3 is 24.4 Å². The fourth-order valence-electron chi connectivity index (χ4n) is 6.05. The number of ether oxygens (including phenoxy) is 2. The number of amides is 2. The van der Waals surface area contributed by atoms with Gasteiger partial charge in [0, 0.05) is 51.4 Å². The van der Waals surface area contributed by atoms with E-state index in [4.69, 9.17) is 14.6 Å². The number of carbonyl (C=O) groups is 3. The minimum Gasteiger partial charge on any atom is -0.493 e. The summed E-state index contributed by atoms with van der Waals surface area (Å²) in [4.78, 5) is 42.6. The predicted molar refractivity (Wildman–Crippen MR) is 174 cm³/mol. The van der Waals surface area contributed by atoms with E-state index in [1.165, 1.54) is 11.1 Å². The molecule has 45 heavy (non-hydrogen) atoms. The highest BCUT2D eigenvalue weighted by Gasteiger charge is 2.25. The summed E-state index contributed by atoms with van der Waals surface area (Å²) in [6.07, 6.45) is 2.61. The maximum absolute atomic E-state index is 13.3. The summed E-state index contributed by atoms with van der Waals surface area (Å²) in [6, 6.07) is 20.2. The molecule has 0 bridgehead atoms. The van der Waals surface area contributed by atoms with Crippen molar-refractivity contribution in [3.05, 3.63) is 82.9 Å². The second kappa shape index (κ2) is 15.1. The number of fused-ring (bicyclic) bond motifs is 1. The van der Waals surface area contributed by atoms with Crippen molar-refractivity contribution in [2.45, 2.75) is 52.6 Å². The van der Waals surface area contributed by atoms with Crippen molar-refractivity contribution in [3.8, 4) is 16.9 Å². The van der Waals surface area contributed by atoms with Crippen LogP contribution in [-0.4, -0.2) is 78.8 Å². The zero-order chi connectivity index (χ0) is 31.8. The Morgan fingerprint density at radius 1 is 0.889 bits per heavy atom. The van der Waals surface area contributed by atoms with Gasteiger partial charge in [-0.25, -0.2) is 4.79 Å². The molecular formula is C36H43N3O6. The highest BCUT2D eigenvalue weighted by Crippen LogP contribution is 2.36. The summed E-state index contributed by atoms with van der Waals surface area (Å²) >= 11 is 0. The lowest BCUT2D eigenvalue weighted by atomic mass is 9.91. The highest BCUT2D eigenvalue weighted by atomic mass is 16.6. The zero-order valence-corrected chi connectivity index (χ0v) is 26.3. The molecule has 0 unspecified atom stereocenters. The molecule has 3 aromatic carbocycles. The van der Waals surface area contributed by atoms with E-state index >= 15 is 0 Å². The Morgan fingerprint density at radius 3 is 2.47 bits per heavy atom. The van der Waals surface area contributed by atoms with Gasteiger partial charge in [-0.05, 0) is 84.7 Å². The largest absolute Gasteiger partial charge is 0.493 e. The molecule has 5 rings (SSSR count). The molecule has 3 aromatic rings. The van der Waals surface area contributed by atoms with Gasteiger partial charge in [-0.1, -0.05) is 42.5 Å². The molecule has 2 aliphatic heterocycles. The summed E-state index contributed by atoms with van der Waals surface area (Å²) in [5.41, 5.74) is 7.48. The number of aliphatic carboxylic acids is 1. The van der Waals surface area contributed by atoms with Crippen LogP contribution in [0.1, 0.15) is 47.9 Å². The molecule has 0 spiro atoms. The standard InChI is InChI=1S/C36H43N3O6/c1-26-8-3-14-33(27(26)2)44-23-7-15-34(40)39-17-6-12-31-30(11-5-13-32(31)39)29-10-4-9-28(24-29)25-45-36(43)38-21-19-37(20-22-38)18-16-35(41)42/h3-5,8-11,13-14,24H,6-7,12,15-23,25H2,1-2H3,(H,41,42). The van der Waals surface area contributed by atoms with E-state index in [0.717, 1.165) is 46.5 Å². The maximum atomic E-state index is 13.3. The molecule has 9 heteroatoms. The van der Waals surface area contributed by atoms with Crippen LogP contribution in [0.2, 0.25) is 0 Å². The first kappa shape index (κ1) is 32.0. The fraction of sp³-hybridized carbons (Fsp3) is 0.417. The average Bonchev–Trinajstić information content (AvgIpc) is 3.06. The molecule has 0 aliphatic carbocycles. The summed E-state index contributed by atoms with van der Waals surface area (Å²) in [5, 5.41) is 8.90. The van der Waals surface area contributed by atoms with E-state index in [9.17, 15) is 14.4 Å². The fourth-order valence-corrected chi connectivity index (χ4v) is 6.05. The van der Waals surface area contributed by atoms with E-state index in [0.29, 0.717) is 58.7 Å². The van der Waals surface area contributed by atoms with Crippen molar-refractivity contribution >= 4 is 23.7 Å². The second-order valence-corrected chi connectivity index (χ2v) is 11.8. The number of benzene rings is 3. The number of aryl methyl sites for hydroxylation is 1. The molecule has 0 atom stereocenters. The molecular weight excluding hydrogens is 570 g/mol. The molecule has 2 heterocycles. The lowest BCUT2D eigenvalue weighted by molar-refractivity contribution is -0.137. The third-order valence-electron chi connectivity index (χ3n) is 8.77. The Hall–Kier alpha value is -4.37. The van der Waals surface area contributed by atoms with E-state index in [1.54, 1.807) is 4.90 Å². The molecule has 0 radical (unpaired) electrons. The van der Waals surface area contributed by atoms with E-state index in [-0.39, 0.29) is 25.0 Å². The van der Waals surface area contributed by atoms with Crippen LogP contribution in [0.15, 0.2) is 60.7 Å². The Kier molecular flexibility index (Phi) is 10.7. The topological polar surface area (TPSA) is 99.6 Å². The number of nitrogens with zero attached hydrogens (tertiary/aromatic N) is 3. The maximum Gasteiger partial charge on any atom is 0.410 e. The molecule has 1 saturated heterocycles. The molecule has 9 nitrogen and oxygen atoms in total. The van der Waals surface area contributed by atoms with Crippen LogP contribution in [0.25, 0.3) is 11.1 Å². The van der Waals surface area contributed by atoms with Crippen molar-refractivity contribution in [1.29, 1.82) is 0 Å². The zero-order valence-electron chi connectivity index (χ0n) is 26.3. The van der Waals surface area contributed by atoms with Crippen molar-refractivity contribution in [2.24, 2.45) is 0 Å². The third-order valence-corrected chi connectivity index (χ3v) is 8.77. The van der Waals surface area contributed by atoms with E-state index in [2.05, 4.69) is 43.0 Å². The Labute approximate surface area is 265 Å². The molecule has 0 aromatic heterocycles. The summed E-state index contributed by atoms with van der Waals surface area (Å²) in [7, 11) is 0. The van der Waals surface area contributed by atoms with Crippen LogP contribution in [0.5, 0.6) is 5.75 Å². The minimum absolute atomic E-state index is 0.101. The number of carbonyl (C=O) groups excluding carboxylic acids is 2. The van der Waals surface area contributed by atoms with Crippen molar-refractivity contribution in [1.82, 2.24) is 9.80 Å². The van der Waals surface area contributed by atoms with Gasteiger partial charge in [0.05, 0.1) is 13.0 Å². The van der Waals surface area contributed by atoms with Crippen molar-refractivity contribution in [2.75, 3.05) is 50.8 Å². The number of anilines is 1. The quantitative estimate of drug-likeness (QED) is 0.272. The van der Waals surface area contributed by atoms with Gasteiger partial charge >= 0.3 is 12.1 Å². The molecule has 238 valence electrons.